The highest BCUT2D eigenvalue weighted by Crippen LogP contribution is 2.37. The van der Waals surface area contributed by atoms with Crippen LogP contribution >= 0.6 is 34.4 Å². The molecule has 0 aliphatic carbocycles. The molecule has 0 bridgehead atoms. The van der Waals surface area contributed by atoms with Gasteiger partial charge in [0.1, 0.15) is 22.3 Å². The third-order valence-corrected chi connectivity index (χ3v) is 8.59. The van der Waals surface area contributed by atoms with Crippen LogP contribution in [0.3, 0.4) is 0 Å². The maximum Gasteiger partial charge on any atom is 0.339 e. The van der Waals surface area contributed by atoms with Crippen molar-refractivity contribution in [2.75, 3.05) is 13.7 Å². The SMILES string of the molecule is COc1cc(/C=C2/C(=N)N3N=C(COc4ccccc4)SC3=NC2=O)cc(I)c1OS(=O)(=O)c1ccc(C)cc1. The molecule has 0 aromatic heterocycles. The zero-order chi connectivity index (χ0) is 28.4. The molecular weight excluding hydrogens is 667 g/mol. The number of nitrogens with zero attached hydrogens (tertiary/aromatic N) is 3. The number of ether oxygens (including phenoxy) is 2. The van der Waals surface area contributed by atoms with Crippen molar-refractivity contribution in [3.8, 4) is 17.2 Å². The van der Waals surface area contributed by atoms with Gasteiger partial charge in [-0.25, -0.2) is 0 Å². The summed E-state index contributed by atoms with van der Waals surface area (Å²) >= 11 is 3.09. The Kier molecular flexibility index (Phi) is 7.96. The molecular formula is C27H21IN4O6S2. The fourth-order valence-corrected chi connectivity index (χ4v) is 6.33. The number of benzene rings is 3. The summed E-state index contributed by atoms with van der Waals surface area (Å²) in [5.74, 6) is 0.0872. The lowest BCUT2D eigenvalue weighted by molar-refractivity contribution is -0.114. The largest absolute Gasteiger partial charge is 0.493 e. The van der Waals surface area contributed by atoms with Crippen molar-refractivity contribution >= 4 is 72.5 Å². The first-order valence-corrected chi connectivity index (χ1v) is 15.0. The van der Waals surface area contributed by atoms with E-state index in [2.05, 4.69) is 10.1 Å². The average molecular weight is 689 g/mol. The minimum absolute atomic E-state index is 0.00893. The van der Waals surface area contributed by atoms with Crippen molar-refractivity contribution < 1.29 is 26.9 Å². The number of nitrogens with one attached hydrogen (secondary N) is 1. The standard InChI is InChI=1S/C27H21IN4O6S2/c1-16-8-10-19(11-9-16)40(34,35)38-24-21(28)13-17(14-22(24)36-2)12-20-25(29)32-27(30-26(20)33)39-23(31-32)15-37-18-6-4-3-5-7-18/h3-14,29H,15H2,1-2H3/b20-12-,29-25?. The maximum absolute atomic E-state index is 12.9. The van der Waals surface area contributed by atoms with Crippen molar-refractivity contribution in [3.63, 3.8) is 0 Å². The maximum atomic E-state index is 12.9. The van der Waals surface area contributed by atoms with Crippen LogP contribution < -0.4 is 13.7 Å². The van der Waals surface area contributed by atoms with E-state index < -0.39 is 16.0 Å². The first-order chi connectivity index (χ1) is 19.1. The Bertz CT molecular complexity index is 1700. The number of hydrazone groups is 1. The van der Waals surface area contributed by atoms with Crippen LogP contribution in [0.2, 0.25) is 0 Å². The molecule has 13 heteroatoms. The summed E-state index contributed by atoms with van der Waals surface area (Å²) in [4.78, 5) is 17.0. The van der Waals surface area contributed by atoms with Gasteiger partial charge in [0.2, 0.25) is 5.17 Å². The van der Waals surface area contributed by atoms with Gasteiger partial charge in [-0.3, -0.25) is 10.2 Å². The molecule has 3 aromatic rings. The van der Waals surface area contributed by atoms with E-state index in [1.54, 1.807) is 18.2 Å². The fraction of sp³-hybridized carbons (Fsp3) is 0.111. The van der Waals surface area contributed by atoms with Crippen LogP contribution in [0.25, 0.3) is 6.08 Å². The molecule has 1 N–H and O–H groups in total. The number of rotatable bonds is 8. The van der Waals surface area contributed by atoms with E-state index in [9.17, 15) is 13.2 Å². The number of hydrogen-bond donors (Lipinski definition) is 1. The van der Waals surface area contributed by atoms with Crippen molar-refractivity contribution in [3.05, 3.63) is 87.0 Å². The molecule has 2 heterocycles. The molecule has 0 saturated heterocycles. The minimum atomic E-state index is -4.12. The molecule has 0 saturated carbocycles. The molecule has 2 aliphatic heterocycles. The number of amidine groups is 2. The molecule has 10 nitrogen and oxygen atoms in total. The highest BCUT2D eigenvalue weighted by atomic mass is 127. The molecule has 204 valence electrons. The number of aryl methyl sites for hydroxylation is 1. The molecule has 40 heavy (non-hydrogen) atoms. The van der Waals surface area contributed by atoms with Gasteiger partial charge in [-0.15, -0.1) is 0 Å². The van der Waals surface area contributed by atoms with Crippen LogP contribution in [0.4, 0.5) is 0 Å². The van der Waals surface area contributed by atoms with Crippen LogP contribution in [0.15, 0.2) is 87.3 Å². The molecule has 0 fully saturated rings. The Morgan fingerprint density at radius 3 is 2.52 bits per heavy atom. The molecule has 2 aliphatic rings. The van der Waals surface area contributed by atoms with Crippen LogP contribution in [-0.2, 0) is 14.9 Å². The van der Waals surface area contributed by atoms with Gasteiger partial charge in [-0.05, 0) is 89.3 Å². The van der Waals surface area contributed by atoms with E-state index in [1.807, 2.05) is 59.8 Å². The normalized spacial score (nSPS) is 16.0. The molecule has 0 atom stereocenters. The number of hydrogen-bond acceptors (Lipinski definition) is 9. The molecule has 0 radical (unpaired) electrons. The first-order valence-electron chi connectivity index (χ1n) is 11.7. The third-order valence-electron chi connectivity index (χ3n) is 5.67. The predicted molar refractivity (Wildman–Crippen MR) is 162 cm³/mol. The number of methoxy groups -OCH3 is 1. The topological polar surface area (TPSA) is 131 Å². The van der Waals surface area contributed by atoms with Crippen LogP contribution in [0.5, 0.6) is 17.2 Å². The van der Waals surface area contributed by atoms with E-state index in [0.29, 0.717) is 19.9 Å². The van der Waals surface area contributed by atoms with E-state index in [1.165, 1.54) is 36.4 Å². The second-order valence-corrected chi connectivity index (χ2v) is 12.2. The van der Waals surface area contributed by atoms with E-state index in [-0.39, 0.29) is 39.6 Å². The Morgan fingerprint density at radius 1 is 1.10 bits per heavy atom. The van der Waals surface area contributed by atoms with Gasteiger partial charge in [-0.2, -0.15) is 23.5 Å². The predicted octanol–water partition coefficient (Wildman–Crippen LogP) is 5.07. The van der Waals surface area contributed by atoms with Crippen LogP contribution in [0.1, 0.15) is 11.1 Å². The fourth-order valence-electron chi connectivity index (χ4n) is 3.69. The zero-order valence-electron chi connectivity index (χ0n) is 21.1. The number of thioether (sulfide) groups is 1. The lowest BCUT2D eigenvalue weighted by Gasteiger charge is -2.20. The number of halogens is 1. The summed E-state index contributed by atoms with van der Waals surface area (Å²) in [5, 5.41) is 15.1. The summed E-state index contributed by atoms with van der Waals surface area (Å²) in [5.41, 5.74) is 1.41. The summed E-state index contributed by atoms with van der Waals surface area (Å²) in [7, 11) is -2.74. The quantitative estimate of drug-likeness (QED) is 0.197. The van der Waals surface area contributed by atoms with Crippen molar-refractivity contribution in [1.82, 2.24) is 5.01 Å². The highest BCUT2D eigenvalue weighted by molar-refractivity contribution is 14.1. The number of amides is 1. The van der Waals surface area contributed by atoms with E-state index >= 15 is 0 Å². The number of para-hydroxylation sites is 1. The van der Waals surface area contributed by atoms with Crippen LogP contribution in [-0.4, -0.2) is 49.1 Å². The van der Waals surface area contributed by atoms with Gasteiger partial charge >= 0.3 is 10.1 Å². The molecule has 1 amide bonds. The van der Waals surface area contributed by atoms with E-state index in [0.717, 1.165) is 17.3 Å². The van der Waals surface area contributed by atoms with Gasteiger partial charge in [0.25, 0.3) is 5.91 Å². The highest BCUT2D eigenvalue weighted by Gasteiger charge is 2.36. The lowest BCUT2D eigenvalue weighted by atomic mass is 10.1. The zero-order valence-corrected chi connectivity index (χ0v) is 24.9. The van der Waals surface area contributed by atoms with Gasteiger partial charge in [0.15, 0.2) is 17.3 Å². The Hall–Kier alpha value is -3.69. The molecule has 0 spiro atoms. The van der Waals surface area contributed by atoms with E-state index in [4.69, 9.17) is 19.1 Å². The van der Waals surface area contributed by atoms with Gasteiger partial charge < -0.3 is 13.7 Å². The number of carbonyl (C=O) groups excluding carboxylic acids is 1. The van der Waals surface area contributed by atoms with Gasteiger partial charge in [-0.1, -0.05) is 35.9 Å². The second-order valence-electron chi connectivity index (χ2n) is 8.50. The summed E-state index contributed by atoms with van der Waals surface area (Å²) < 4.78 is 42.7. The summed E-state index contributed by atoms with van der Waals surface area (Å²) in [6.45, 7) is 2.01. The smallest absolute Gasteiger partial charge is 0.339 e. The number of aliphatic imine (C=N–C) groups is 1. The third kappa shape index (κ3) is 5.90. The first kappa shape index (κ1) is 27.9. The van der Waals surface area contributed by atoms with Gasteiger partial charge in [0, 0.05) is 0 Å². The minimum Gasteiger partial charge on any atom is -0.493 e. The van der Waals surface area contributed by atoms with Crippen molar-refractivity contribution in [2.24, 2.45) is 10.1 Å². The Morgan fingerprint density at radius 2 is 1.82 bits per heavy atom. The molecule has 0 unspecified atom stereocenters. The summed E-state index contributed by atoms with van der Waals surface area (Å²) in [6.07, 6.45) is 1.48. The lowest BCUT2D eigenvalue weighted by Crippen LogP contribution is -2.35. The van der Waals surface area contributed by atoms with Crippen molar-refractivity contribution in [2.45, 2.75) is 11.8 Å². The second kappa shape index (κ2) is 11.4. The van der Waals surface area contributed by atoms with Gasteiger partial charge in [0.05, 0.1) is 16.3 Å². The molecule has 5 rings (SSSR count). The number of fused-ring (bicyclic) bond motifs is 1. The number of carbonyl (C=O) groups is 1. The Balaban J connectivity index is 1.38. The summed E-state index contributed by atoms with van der Waals surface area (Å²) in [6, 6.07) is 18.7. The van der Waals surface area contributed by atoms with Crippen LogP contribution in [0, 0.1) is 15.9 Å². The average Bonchev–Trinajstić information content (AvgIpc) is 3.35. The van der Waals surface area contributed by atoms with Crippen molar-refractivity contribution in [1.29, 1.82) is 5.41 Å². The molecule has 3 aromatic carbocycles. The monoisotopic (exact) mass is 688 g/mol. The Labute approximate surface area is 248 Å².